The molecule has 0 saturated carbocycles. The van der Waals surface area contributed by atoms with Crippen molar-refractivity contribution in [3.8, 4) is 0 Å². The number of unbranched alkanes of at least 4 members (excludes halogenated alkanes) is 9. The Morgan fingerprint density at radius 3 is 1.10 bits per heavy atom. The molecule has 0 fully saturated rings. The predicted molar refractivity (Wildman–Crippen MR) is 140 cm³/mol. The van der Waals surface area contributed by atoms with Crippen LogP contribution in [-0.4, -0.2) is 59.9 Å². The van der Waals surface area contributed by atoms with E-state index in [4.69, 9.17) is 8.85 Å². The summed E-state index contributed by atoms with van der Waals surface area (Å²) in [6.45, 7) is 14.0. The SMILES string of the molecule is CO[SiH2]C(C)(C)CCNCCCCCCCCCCCCNCCC(C)(C)[SiH2]OC. The Morgan fingerprint density at radius 1 is 0.500 bits per heavy atom. The summed E-state index contributed by atoms with van der Waals surface area (Å²) in [4.78, 5) is 0. The van der Waals surface area contributed by atoms with Gasteiger partial charge in [0.25, 0.3) is 0 Å². The van der Waals surface area contributed by atoms with Crippen LogP contribution in [0.25, 0.3) is 0 Å². The minimum absolute atomic E-state index is 0.370. The Bertz CT molecular complexity index is 335. The van der Waals surface area contributed by atoms with Gasteiger partial charge in [0.05, 0.1) is 0 Å². The van der Waals surface area contributed by atoms with Crippen LogP contribution in [0.2, 0.25) is 10.1 Å². The van der Waals surface area contributed by atoms with Crippen molar-refractivity contribution in [3.63, 3.8) is 0 Å². The molecule has 0 amide bonds. The first-order chi connectivity index (χ1) is 14.3. The van der Waals surface area contributed by atoms with Crippen molar-refractivity contribution in [2.24, 2.45) is 0 Å². The van der Waals surface area contributed by atoms with Gasteiger partial charge in [0.1, 0.15) is 0 Å². The number of hydrogen-bond acceptors (Lipinski definition) is 4. The van der Waals surface area contributed by atoms with Crippen LogP contribution in [-0.2, 0) is 8.85 Å². The molecule has 0 aromatic heterocycles. The van der Waals surface area contributed by atoms with E-state index in [9.17, 15) is 0 Å². The van der Waals surface area contributed by atoms with Gasteiger partial charge >= 0.3 is 0 Å². The van der Waals surface area contributed by atoms with Gasteiger partial charge in [-0.3, -0.25) is 0 Å². The van der Waals surface area contributed by atoms with E-state index in [1.165, 1.54) is 90.1 Å². The zero-order valence-corrected chi connectivity index (χ0v) is 24.4. The molecule has 30 heavy (non-hydrogen) atoms. The number of nitrogens with one attached hydrogen (secondary N) is 2. The van der Waals surface area contributed by atoms with E-state index in [1.807, 2.05) is 14.2 Å². The lowest BCUT2D eigenvalue weighted by Gasteiger charge is -2.22. The lowest BCUT2D eigenvalue weighted by Crippen LogP contribution is -2.24. The topological polar surface area (TPSA) is 42.5 Å². The highest BCUT2D eigenvalue weighted by atomic mass is 28.2. The molecule has 0 spiro atoms. The van der Waals surface area contributed by atoms with E-state index in [1.54, 1.807) is 0 Å². The molecule has 0 aliphatic rings. The third-order valence-electron chi connectivity index (χ3n) is 5.98. The summed E-state index contributed by atoms with van der Waals surface area (Å²) >= 11 is 0. The molecule has 182 valence electrons. The smallest absolute Gasteiger partial charge is 0.166 e. The third-order valence-corrected chi connectivity index (χ3v) is 8.83. The molecule has 0 radical (unpaired) electrons. The van der Waals surface area contributed by atoms with Gasteiger partial charge in [-0.25, -0.2) is 0 Å². The van der Waals surface area contributed by atoms with Crippen LogP contribution >= 0.6 is 0 Å². The fourth-order valence-corrected chi connectivity index (χ4v) is 6.15. The zero-order valence-electron chi connectivity index (χ0n) is 21.5. The second-order valence-electron chi connectivity index (χ2n) is 10.7. The Morgan fingerprint density at radius 2 is 0.800 bits per heavy atom. The maximum absolute atomic E-state index is 5.41. The molecule has 0 aliphatic carbocycles. The lowest BCUT2D eigenvalue weighted by atomic mass is 10.1. The van der Waals surface area contributed by atoms with Crippen molar-refractivity contribution >= 4 is 19.5 Å². The van der Waals surface area contributed by atoms with Crippen molar-refractivity contribution in [2.45, 2.75) is 115 Å². The molecule has 4 nitrogen and oxygen atoms in total. The highest BCUT2D eigenvalue weighted by molar-refractivity contribution is 6.32. The van der Waals surface area contributed by atoms with Gasteiger partial charge in [-0.05, 0) is 61.9 Å². The fourth-order valence-electron chi connectivity index (χ4n) is 3.94. The quantitative estimate of drug-likeness (QED) is 0.171. The van der Waals surface area contributed by atoms with Crippen LogP contribution in [0.15, 0.2) is 0 Å². The molecule has 0 atom stereocenters. The predicted octanol–water partition coefficient (Wildman–Crippen LogP) is 4.70. The molecule has 0 aromatic carbocycles. The minimum atomic E-state index is -0.370. The molecule has 0 bridgehead atoms. The first-order valence-corrected chi connectivity index (χ1v) is 15.3. The molecule has 2 N–H and O–H groups in total. The summed E-state index contributed by atoms with van der Waals surface area (Å²) in [5.41, 5.74) is 0. The van der Waals surface area contributed by atoms with Gasteiger partial charge in [-0.15, -0.1) is 0 Å². The van der Waals surface area contributed by atoms with Crippen LogP contribution in [0.3, 0.4) is 0 Å². The van der Waals surface area contributed by atoms with Crippen molar-refractivity contribution < 1.29 is 8.85 Å². The standard InChI is InChI=1S/C24H56N2O2Si2/c1-23(2,29-27-5)17-21-25-19-15-13-11-9-7-8-10-12-14-16-20-26-22-18-24(3,4)30-28-6/h25-26H,7-22,29-30H2,1-6H3. The monoisotopic (exact) mass is 460 g/mol. The fraction of sp³-hybridized carbons (Fsp3) is 1.00. The maximum Gasteiger partial charge on any atom is 0.166 e. The van der Waals surface area contributed by atoms with Crippen molar-refractivity contribution in [1.29, 1.82) is 0 Å². The van der Waals surface area contributed by atoms with Gasteiger partial charge in [0, 0.05) is 14.2 Å². The van der Waals surface area contributed by atoms with E-state index in [0.29, 0.717) is 10.1 Å². The molecule has 0 unspecified atom stereocenters. The summed E-state index contributed by atoms with van der Waals surface area (Å²) in [5, 5.41) is 8.09. The molecule has 0 heterocycles. The van der Waals surface area contributed by atoms with Crippen LogP contribution in [0.1, 0.15) is 105 Å². The molecule has 6 heteroatoms. The third kappa shape index (κ3) is 21.5. The first-order valence-electron chi connectivity index (χ1n) is 12.7. The second-order valence-corrected chi connectivity index (χ2v) is 16.3. The van der Waals surface area contributed by atoms with Gasteiger partial charge in [0.2, 0.25) is 0 Å². The van der Waals surface area contributed by atoms with Crippen LogP contribution < -0.4 is 10.6 Å². The Balaban J connectivity index is 3.20. The summed E-state index contributed by atoms with van der Waals surface area (Å²) < 4.78 is 10.8. The van der Waals surface area contributed by atoms with Gasteiger partial charge in [0.15, 0.2) is 19.5 Å². The second kappa shape index (κ2) is 19.9. The average molecular weight is 461 g/mol. The van der Waals surface area contributed by atoms with Gasteiger partial charge < -0.3 is 19.5 Å². The van der Waals surface area contributed by atoms with E-state index >= 15 is 0 Å². The minimum Gasteiger partial charge on any atom is -0.427 e. The largest absolute Gasteiger partial charge is 0.427 e. The van der Waals surface area contributed by atoms with E-state index in [-0.39, 0.29) is 19.5 Å². The molecule has 0 aromatic rings. The Labute approximate surface area is 194 Å². The van der Waals surface area contributed by atoms with Crippen molar-refractivity contribution in [1.82, 2.24) is 10.6 Å². The summed E-state index contributed by atoms with van der Waals surface area (Å²) in [7, 11) is 2.97. The van der Waals surface area contributed by atoms with Gasteiger partial charge in [-0.1, -0.05) is 79.1 Å². The van der Waals surface area contributed by atoms with E-state index in [0.717, 1.165) is 13.1 Å². The molecular weight excluding hydrogens is 404 g/mol. The first kappa shape index (κ1) is 30.3. The molecular formula is C24H56N2O2Si2. The van der Waals surface area contributed by atoms with Crippen LogP contribution in [0.5, 0.6) is 0 Å². The maximum atomic E-state index is 5.41. The number of hydrogen-bond donors (Lipinski definition) is 2. The van der Waals surface area contributed by atoms with E-state index < -0.39 is 0 Å². The zero-order chi connectivity index (χ0) is 22.6. The van der Waals surface area contributed by atoms with Crippen molar-refractivity contribution in [2.75, 3.05) is 40.4 Å². The summed E-state index contributed by atoms with van der Waals surface area (Å²) in [6, 6.07) is 0. The van der Waals surface area contributed by atoms with Crippen LogP contribution in [0.4, 0.5) is 0 Å². The Kier molecular flexibility index (Phi) is 20.1. The lowest BCUT2D eigenvalue weighted by molar-refractivity contribution is 0.398. The van der Waals surface area contributed by atoms with Crippen molar-refractivity contribution in [3.05, 3.63) is 0 Å². The highest BCUT2D eigenvalue weighted by Crippen LogP contribution is 2.27. The molecule has 0 rings (SSSR count). The van der Waals surface area contributed by atoms with Gasteiger partial charge in [-0.2, -0.15) is 0 Å². The normalized spacial score (nSPS) is 13.4. The highest BCUT2D eigenvalue weighted by Gasteiger charge is 2.18. The molecule has 0 saturated heterocycles. The average Bonchev–Trinajstić information content (AvgIpc) is 2.66. The summed E-state index contributed by atoms with van der Waals surface area (Å²) in [6.07, 6.45) is 16.5. The summed E-state index contributed by atoms with van der Waals surface area (Å²) in [5.74, 6) is 0. The van der Waals surface area contributed by atoms with E-state index in [2.05, 4.69) is 38.3 Å². The number of rotatable bonds is 23. The molecule has 0 aliphatic heterocycles. The Hall–Kier alpha value is 0.274. The van der Waals surface area contributed by atoms with Crippen LogP contribution in [0, 0.1) is 0 Å².